The van der Waals surface area contributed by atoms with Crippen molar-refractivity contribution >= 4 is 5.78 Å². The maximum atomic E-state index is 11.1. The van der Waals surface area contributed by atoms with Crippen molar-refractivity contribution in [3.8, 4) is 0 Å². The number of rotatable bonds is 1. The molecule has 0 aliphatic heterocycles. The maximum absolute atomic E-state index is 11.1. The van der Waals surface area contributed by atoms with Gasteiger partial charge < -0.3 is 15.5 Å². The van der Waals surface area contributed by atoms with Crippen LogP contribution < -0.4 is 5.32 Å². The normalized spacial score (nSPS) is 30.5. The van der Waals surface area contributed by atoms with Crippen LogP contribution in [0.25, 0.3) is 0 Å². The molecule has 1 aliphatic carbocycles. The average molecular weight is 159 g/mol. The molecule has 3 N–H and O–H groups in total. The van der Waals surface area contributed by atoms with Crippen molar-refractivity contribution in [2.45, 2.75) is 31.1 Å². The fourth-order valence-corrected chi connectivity index (χ4v) is 1.36. The van der Waals surface area contributed by atoms with Crippen LogP contribution in [0.4, 0.5) is 0 Å². The van der Waals surface area contributed by atoms with Gasteiger partial charge in [0.15, 0.2) is 0 Å². The monoisotopic (exact) mass is 159 g/mol. The molecule has 11 heavy (non-hydrogen) atoms. The van der Waals surface area contributed by atoms with Crippen molar-refractivity contribution in [1.82, 2.24) is 5.32 Å². The number of ketones is 1. The Morgan fingerprint density at radius 2 is 2.27 bits per heavy atom. The van der Waals surface area contributed by atoms with Crippen LogP contribution in [-0.4, -0.2) is 34.9 Å². The average Bonchev–Trinajstić information content (AvgIpc) is 1.95. The third-order valence-corrected chi connectivity index (χ3v) is 2.08. The fraction of sp³-hybridized carbons (Fsp3) is 0.857. The van der Waals surface area contributed by atoms with Crippen molar-refractivity contribution in [1.29, 1.82) is 0 Å². The number of Topliss-reactive ketones (excluding diaryl/α,β-unsaturated/α-hetero) is 1. The fourth-order valence-electron chi connectivity index (χ4n) is 1.36. The molecule has 4 nitrogen and oxygen atoms in total. The van der Waals surface area contributed by atoms with E-state index in [1.165, 1.54) is 0 Å². The van der Waals surface area contributed by atoms with Crippen LogP contribution in [-0.2, 0) is 4.79 Å². The molecular formula is C7H13NO3. The Balaban J connectivity index is 2.68. The summed E-state index contributed by atoms with van der Waals surface area (Å²) >= 11 is 0. The minimum absolute atomic E-state index is 0.157. The first-order chi connectivity index (χ1) is 5.08. The molecule has 1 saturated carbocycles. The summed E-state index contributed by atoms with van der Waals surface area (Å²) in [6.07, 6.45) is 1.52. The summed E-state index contributed by atoms with van der Waals surface area (Å²) in [6, 6.07) is -0.390. The molecule has 0 aromatic heterocycles. The summed E-state index contributed by atoms with van der Waals surface area (Å²) in [7, 11) is 1.64. The lowest BCUT2D eigenvalue weighted by Crippen LogP contribution is -2.52. The number of aliphatic hydroxyl groups is 2. The van der Waals surface area contributed by atoms with Crippen molar-refractivity contribution in [3.05, 3.63) is 0 Å². The summed E-state index contributed by atoms with van der Waals surface area (Å²) in [5, 5.41) is 21.0. The van der Waals surface area contributed by atoms with Crippen molar-refractivity contribution < 1.29 is 15.0 Å². The third kappa shape index (κ3) is 1.58. The standard InChI is InChI=1S/C7H13NO3/c1-8-5-3-2-4-7(10,11)6(5)9/h5,8,10-11H,2-4H2,1H3. The van der Waals surface area contributed by atoms with Gasteiger partial charge >= 0.3 is 0 Å². The molecule has 0 saturated heterocycles. The van der Waals surface area contributed by atoms with E-state index in [1.807, 2.05) is 0 Å². The van der Waals surface area contributed by atoms with E-state index in [9.17, 15) is 4.79 Å². The number of carbonyl (C=O) groups excluding carboxylic acids is 1. The molecule has 0 bridgehead atoms. The number of nitrogens with one attached hydrogen (secondary N) is 1. The van der Waals surface area contributed by atoms with Crippen LogP contribution in [0, 0.1) is 0 Å². The lowest BCUT2D eigenvalue weighted by Gasteiger charge is -2.30. The van der Waals surface area contributed by atoms with Gasteiger partial charge in [0.1, 0.15) is 0 Å². The SMILES string of the molecule is CNC1CCCC(O)(O)C1=O. The molecule has 1 unspecified atom stereocenters. The summed E-state index contributed by atoms with van der Waals surface area (Å²) in [5.74, 6) is -2.60. The van der Waals surface area contributed by atoms with E-state index in [2.05, 4.69) is 5.32 Å². The Kier molecular flexibility index (Phi) is 2.27. The zero-order chi connectivity index (χ0) is 8.48. The molecule has 64 valence electrons. The molecule has 4 heteroatoms. The minimum atomic E-state index is -2.09. The van der Waals surface area contributed by atoms with Crippen LogP contribution >= 0.6 is 0 Å². The van der Waals surface area contributed by atoms with Crippen molar-refractivity contribution in [2.24, 2.45) is 0 Å². The third-order valence-electron chi connectivity index (χ3n) is 2.08. The summed E-state index contributed by atoms with van der Waals surface area (Å²) in [6.45, 7) is 0. The van der Waals surface area contributed by atoms with Gasteiger partial charge in [-0.3, -0.25) is 4.79 Å². The van der Waals surface area contributed by atoms with Gasteiger partial charge in [-0.2, -0.15) is 0 Å². The Morgan fingerprint density at radius 3 is 2.73 bits per heavy atom. The molecule has 0 aromatic rings. The lowest BCUT2D eigenvalue weighted by atomic mass is 9.89. The Morgan fingerprint density at radius 1 is 1.64 bits per heavy atom. The van der Waals surface area contributed by atoms with E-state index in [0.29, 0.717) is 12.8 Å². The van der Waals surface area contributed by atoms with Gasteiger partial charge in [0.05, 0.1) is 6.04 Å². The van der Waals surface area contributed by atoms with E-state index >= 15 is 0 Å². The Hall–Kier alpha value is -0.450. The maximum Gasteiger partial charge on any atom is 0.225 e. The Bertz CT molecular complexity index is 167. The van der Waals surface area contributed by atoms with Gasteiger partial charge in [-0.1, -0.05) is 0 Å². The molecule has 1 aliphatic rings. The molecule has 1 fully saturated rings. The van der Waals surface area contributed by atoms with Crippen LogP contribution in [0.3, 0.4) is 0 Å². The highest BCUT2D eigenvalue weighted by Crippen LogP contribution is 2.22. The largest absolute Gasteiger partial charge is 0.360 e. The highest BCUT2D eigenvalue weighted by Gasteiger charge is 2.40. The number of hydrogen-bond donors (Lipinski definition) is 3. The minimum Gasteiger partial charge on any atom is -0.360 e. The number of likely N-dealkylation sites (N-methyl/N-ethyl adjacent to an activating group) is 1. The highest BCUT2D eigenvalue weighted by molar-refractivity contribution is 5.90. The van der Waals surface area contributed by atoms with Crippen LogP contribution in [0.5, 0.6) is 0 Å². The Labute approximate surface area is 65.2 Å². The molecule has 0 aromatic carbocycles. The molecule has 1 atom stereocenters. The predicted octanol–water partition coefficient (Wildman–Crippen LogP) is -0.992. The van der Waals surface area contributed by atoms with Gasteiger partial charge in [-0.15, -0.1) is 0 Å². The van der Waals surface area contributed by atoms with Crippen LogP contribution in [0.15, 0.2) is 0 Å². The van der Waals surface area contributed by atoms with Gasteiger partial charge in [-0.05, 0) is 19.9 Å². The second kappa shape index (κ2) is 2.89. The topological polar surface area (TPSA) is 69.6 Å². The van der Waals surface area contributed by atoms with E-state index in [-0.39, 0.29) is 6.42 Å². The second-order valence-corrected chi connectivity index (χ2v) is 2.91. The zero-order valence-corrected chi connectivity index (χ0v) is 6.50. The van der Waals surface area contributed by atoms with Crippen LogP contribution in [0.2, 0.25) is 0 Å². The van der Waals surface area contributed by atoms with E-state index < -0.39 is 17.6 Å². The second-order valence-electron chi connectivity index (χ2n) is 2.91. The molecule has 0 radical (unpaired) electrons. The smallest absolute Gasteiger partial charge is 0.225 e. The van der Waals surface area contributed by atoms with Crippen molar-refractivity contribution in [3.63, 3.8) is 0 Å². The zero-order valence-electron chi connectivity index (χ0n) is 6.50. The first kappa shape index (κ1) is 8.64. The summed E-state index contributed by atoms with van der Waals surface area (Å²) < 4.78 is 0. The summed E-state index contributed by atoms with van der Waals surface area (Å²) in [5.41, 5.74) is 0. The van der Waals surface area contributed by atoms with Gasteiger partial charge in [-0.25, -0.2) is 0 Å². The first-order valence-electron chi connectivity index (χ1n) is 3.74. The lowest BCUT2D eigenvalue weighted by molar-refractivity contribution is -0.192. The van der Waals surface area contributed by atoms with E-state index in [4.69, 9.17) is 10.2 Å². The highest BCUT2D eigenvalue weighted by atomic mass is 16.5. The molecule has 0 amide bonds. The van der Waals surface area contributed by atoms with E-state index in [0.717, 1.165) is 0 Å². The van der Waals surface area contributed by atoms with Gasteiger partial charge in [0, 0.05) is 6.42 Å². The molecule has 0 heterocycles. The predicted molar refractivity (Wildman–Crippen MR) is 38.9 cm³/mol. The van der Waals surface area contributed by atoms with Gasteiger partial charge in [0.2, 0.25) is 11.6 Å². The number of carbonyl (C=O) groups is 1. The van der Waals surface area contributed by atoms with Crippen LogP contribution in [0.1, 0.15) is 19.3 Å². The van der Waals surface area contributed by atoms with Crippen molar-refractivity contribution in [2.75, 3.05) is 7.05 Å². The first-order valence-corrected chi connectivity index (χ1v) is 3.74. The number of hydrogen-bond acceptors (Lipinski definition) is 4. The molecular weight excluding hydrogens is 146 g/mol. The quantitative estimate of drug-likeness (QED) is 0.430. The van der Waals surface area contributed by atoms with Gasteiger partial charge in [0.25, 0.3) is 0 Å². The van der Waals surface area contributed by atoms with E-state index in [1.54, 1.807) is 7.05 Å². The molecule has 0 spiro atoms. The summed E-state index contributed by atoms with van der Waals surface area (Å²) in [4.78, 5) is 11.1. The molecule has 1 rings (SSSR count).